The van der Waals surface area contributed by atoms with Gasteiger partial charge in [-0.3, -0.25) is 0 Å². The van der Waals surface area contributed by atoms with Gasteiger partial charge in [-0.25, -0.2) is 4.79 Å². The second-order valence-electron chi connectivity index (χ2n) is 5.70. The van der Waals surface area contributed by atoms with Gasteiger partial charge in [0.05, 0.1) is 41.5 Å². The lowest BCUT2D eigenvalue weighted by molar-refractivity contribution is -0.139. The van der Waals surface area contributed by atoms with Gasteiger partial charge in [-0.1, -0.05) is 0 Å². The molecule has 168 valence electrons. The van der Waals surface area contributed by atoms with Crippen LogP contribution in [0.5, 0.6) is 11.5 Å². The molecule has 0 saturated carbocycles. The maximum absolute atomic E-state index is 12.5. The van der Waals surface area contributed by atoms with Gasteiger partial charge in [0.25, 0.3) is 0 Å². The maximum Gasteiger partial charge on any atom is 0.419 e. The SMILES string of the molecule is CCOc1cc(C#N)ccc1C(F)(F)F.CCOc1cc(C(=O)O)ccc1C(F)(F)F. The van der Waals surface area contributed by atoms with E-state index in [1.54, 1.807) is 13.0 Å². The van der Waals surface area contributed by atoms with Crippen LogP contribution in [-0.2, 0) is 12.4 Å². The first-order valence-electron chi connectivity index (χ1n) is 8.66. The minimum atomic E-state index is -4.55. The van der Waals surface area contributed by atoms with Crippen molar-refractivity contribution in [3.05, 3.63) is 58.7 Å². The number of alkyl halides is 6. The summed E-state index contributed by atoms with van der Waals surface area (Å²) in [7, 11) is 0. The van der Waals surface area contributed by atoms with E-state index in [-0.39, 0.29) is 30.1 Å². The first-order chi connectivity index (χ1) is 14.3. The Kier molecular flexibility index (Phi) is 8.73. The summed E-state index contributed by atoms with van der Waals surface area (Å²) in [6, 6.07) is 7.28. The van der Waals surface area contributed by atoms with Crippen molar-refractivity contribution in [3.63, 3.8) is 0 Å². The van der Waals surface area contributed by atoms with Gasteiger partial charge in [-0.05, 0) is 50.2 Å². The van der Waals surface area contributed by atoms with Gasteiger partial charge >= 0.3 is 18.3 Å². The van der Waals surface area contributed by atoms with Crippen molar-refractivity contribution in [2.45, 2.75) is 26.2 Å². The average molecular weight is 449 g/mol. The van der Waals surface area contributed by atoms with Gasteiger partial charge in [0.15, 0.2) is 0 Å². The highest BCUT2D eigenvalue weighted by atomic mass is 19.4. The zero-order valence-electron chi connectivity index (χ0n) is 16.3. The summed E-state index contributed by atoms with van der Waals surface area (Å²) < 4.78 is 84.4. The number of ether oxygens (including phenoxy) is 2. The Hall–Kier alpha value is -3.42. The molecular weight excluding hydrogens is 432 g/mol. The zero-order valence-corrected chi connectivity index (χ0v) is 16.3. The van der Waals surface area contributed by atoms with Crippen molar-refractivity contribution < 1.29 is 45.7 Å². The number of carbonyl (C=O) groups is 1. The van der Waals surface area contributed by atoms with Gasteiger partial charge in [-0.15, -0.1) is 0 Å². The van der Waals surface area contributed by atoms with Crippen molar-refractivity contribution >= 4 is 5.97 Å². The Balaban J connectivity index is 0.000000311. The highest BCUT2D eigenvalue weighted by molar-refractivity contribution is 5.88. The monoisotopic (exact) mass is 449 g/mol. The van der Waals surface area contributed by atoms with Crippen molar-refractivity contribution in [1.82, 2.24) is 0 Å². The van der Waals surface area contributed by atoms with Crippen molar-refractivity contribution in [2.24, 2.45) is 0 Å². The Bertz CT molecular complexity index is 948. The summed E-state index contributed by atoms with van der Waals surface area (Å²) in [5, 5.41) is 17.2. The molecule has 0 bridgehead atoms. The number of rotatable bonds is 5. The Morgan fingerprint density at radius 2 is 1.35 bits per heavy atom. The Morgan fingerprint density at radius 3 is 1.74 bits per heavy atom. The molecule has 0 aromatic heterocycles. The van der Waals surface area contributed by atoms with Crippen molar-refractivity contribution in [2.75, 3.05) is 13.2 Å². The highest BCUT2D eigenvalue weighted by Gasteiger charge is 2.35. The van der Waals surface area contributed by atoms with E-state index in [1.807, 2.05) is 0 Å². The molecule has 1 N–H and O–H groups in total. The number of carboxylic acids is 1. The summed E-state index contributed by atoms with van der Waals surface area (Å²) in [6.45, 7) is 3.26. The summed E-state index contributed by atoms with van der Waals surface area (Å²) >= 11 is 0. The summed E-state index contributed by atoms with van der Waals surface area (Å²) in [4.78, 5) is 10.6. The van der Waals surface area contributed by atoms with Crippen LogP contribution >= 0.6 is 0 Å². The number of carboxylic acid groups (broad SMARTS) is 1. The zero-order chi connectivity index (χ0) is 23.8. The van der Waals surface area contributed by atoms with E-state index in [0.29, 0.717) is 6.07 Å². The number of halogens is 6. The minimum Gasteiger partial charge on any atom is -0.493 e. The third-order valence-electron chi connectivity index (χ3n) is 3.55. The van der Waals surface area contributed by atoms with E-state index in [1.165, 1.54) is 6.92 Å². The molecule has 11 heteroatoms. The smallest absolute Gasteiger partial charge is 0.419 e. The maximum atomic E-state index is 12.5. The fraction of sp³-hybridized carbons (Fsp3) is 0.300. The predicted molar refractivity (Wildman–Crippen MR) is 96.9 cm³/mol. The highest BCUT2D eigenvalue weighted by Crippen LogP contribution is 2.37. The molecule has 5 nitrogen and oxygen atoms in total. The molecule has 2 rings (SSSR count). The Morgan fingerprint density at radius 1 is 0.903 bits per heavy atom. The van der Waals surface area contributed by atoms with Gasteiger partial charge in [0, 0.05) is 0 Å². The van der Waals surface area contributed by atoms with Crippen LogP contribution in [0.2, 0.25) is 0 Å². The standard InChI is InChI=1S/C10H8F3NO.C10H9F3O3/c1-2-15-9-5-7(6-14)3-4-8(9)10(11,12)13;1-2-16-8-5-6(9(14)15)3-4-7(8)10(11,12)13/h3-5H,2H2,1H3;3-5H,2H2,1H3,(H,14,15). The van der Waals surface area contributed by atoms with E-state index < -0.39 is 35.2 Å². The first-order valence-corrected chi connectivity index (χ1v) is 8.66. The van der Waals surface area contributed by atoms with E-state index in [0.717, 1.165) is 30.3 Å². The molecule has 0 aliphatic rings. The third-order valence-corrected chi connectivity index (χ3v) is 3.55. The number of aromatic carboxylic acids is 1. The molecule has 2 aromatic carbocycles. The average Bonchev–Trinajstić information content (AvgIpc) is 2.67. The number of hydrogen-bond donors (Lipinski definition) is 1. The van der Waals surface area contributed by atoms with Crippen LogP contribution in [0.1, 0.15) is 40.9 Å². The van der Waals surface area contributed by atoms with Crippen molar-refractivity contribution in [3.8, 4) is 17.6 Å². The summed E-state index contributed by atoms with van der Waals surface area (Å²) in [6.07, 6.45) is -9.01. The number of benzene rings is 2. The summed E-state index contributed by atoms with van der Waals surface area (Å²) in [5.74, 6) is -2.06. The van der Waals surface area contributed by atoms with Crippen molar-refractivity contribution in [1.29, 1.82) is 5.26 Å². The lowest BCUT2D eigenvalue weighted by atomic mass is 10.1. The second-order valence-corrected chi connectivity index (χ2v) is 5.70. The number of hydrogen-bond acceptors (Lipinski definition) is 4. The van der Waals surface area contributed by atoms with Gasteiger partial charge in [-0.2, -0.15) is 31.6 Å². The van der Waals surface area contributed by atoms with E-state index in [9.17, 15) is 31.1 Å². The largest absolute Gasteiger partial charge is 0.493 e. The van der Waals surface area contributed by atoms with Gasteiger partial charge in [0.2, 0.25) is 0 Å². The number of nitriles is 1. The molecular formula is C20H17F6NO4. The lowest BCUT2D eigenvalue weighted by Crippen LogP contribution is -2.10. The molecule has 0 radical (unpaired) electrons. The van der Waals surface area contributed by atoms with Crippen LogP contribution in [0.3, 0.4) is 0 Å². The predicted octanol–water partition coefficient (Wildman–Crippen LogP) is 5.78. The third kappa shape index (κ3) is 7.40. The fourth-order valence-corrected chi connectivity index (χ4v) is 2.27. The van der Waals surface area contributed by atoms with Gasteiger partial charge in [0.1, 0.15) is 11.5 Å². The minimum absolute atomic E-state index is 0.0339. The van der Waals surface area contributed by atoms with Crippen LogP contribution < -0.4 is 9.47 Å². The van der Waals surface area contributed by atoms with Gasteiger partial charge < -0.3 is 14.6 Å². The van der Waals surface area contributed by atoms with Crippen LogP contribution in [0.25, 0.3) is 0 Å². The van der Waals surface area contributed by atoms with Crippen LogP contribution in [-0.4, -0.2) is 24.3 Å². The van der Waals surface area contributed by atoms with Crippen LogP contribution in [0.15, 0.2) is 36.4 Å². The molecule has 0 atom stereocenters. The van der Waals surface area contributed by atoms with E-state index in [4.69, 9.17) is 19.8 Å². The van der Waals surface area contributed by atoms with Crippen LogP contribution in [0, 0.1) is 11.3 Å². The molecule has 0 spiro atoms. The molecule has 0 amide bonds. The Labute approximate surface area is 173 Å². The van der Waals surface area contributed by atoms with E-state index >= 15 is 0 Å². The molecule has 31 heavy (non-hydrogen) atoms. The molecule has 0 aliphatic carbocycles. The molecule has 0 aliphatic heterocycles. The fourth-order valence-electron chi connectivity index (χ4n) is 2.27. The number of nitrogens with zero attached hydrogens (tertiary/aromatic N) is 1. The lowest BCUT2D eigenvalue weighted by Gasteiger charge is -2.13. The second kappa shape index (κ2) is 10.6. The first kappa shape index (κ1) is 25.6. The van der Waals surface area contributed by atoms with E-state index in [2.05, 4.69) is 0 Å². The topological polar surface area (TPSA) is 79.5 Å². The molecule has 0 unspecified atom stereocenters. The molecule has 2 aromatic rings. The molecule has 0 fully saturated rings. The molecule has 0 heterocycles. The summed E-state index contributed by atoms with van der Waals surface area (Å²) in [5.41, 5.74) is -1.93. The quantitative estimate of drug-likeness (QED) is 0.586. The van der Waals surface area contributed by atoms with Crippen LogP contribution in [0.4, 0.5) is 26.3 Å². The molecule has 0 saturated heterocycles. The normalized spacial score (nSPS) is 11.1.